The first kappa shape index (κ1) is 14.8. The fraction of sp³-hybridized carbons (Fsp3) is 0.154. The van der Waals surface area contributed by atoms with Gasteiger partial charge in [0.25, 0.3) is 0 Å². The topological polar surface area (TPSA) is 57.8 Å². The summed E-state index contributed by atoms with van der Waals surface area (Å²) in [5, 5.41) is 17.6. The number of aliphatic hydroxyl groups excluding tert-OH is 1. The van der Waals surface area contributed by atoms with Crippen molar-refractivity contribution in [1.82, 2.24) is 4.98 Å². The van der Waals surface area contributed by atoms with Gasteiger partial charge in [-0.1, -0.05) is 23.2 Å². The fourth-order valence-electron chi connectivity index (χ4n) is 1.50. The average Bonchev–Trinajstić information content (AvgIpc) is 2.43. The Balaban J connectivity index is 2.13. The van der Waals surface area contributed by atoms with Crippen LogP contribution in [0.1, 0.15) is 11.1 Å². The second-order valence-corrected chi connectivity index (χ2v) is 4.74. The Morgan fingerprint density at radius 1 is 1.20 bits per heavy atom. The number of benzene rings is 1. The molecule has 0 unspecified atom stereocenters. The van der Waals surface area contributed by atoms with Gasteiger partial charge in [0, 0.05) is 15.6 Å². The second kappa shape index (κ2) is 6.74. The number of nitrogens with zero attached hydrogens (tertiary/aromatic N) is 3. The summed E-state index contributed by atoms with van der Waals surface area (Å²) in [5.41, 5.74) is 1.23. The van der Waals surface area contributed by atoms with E-state index in [1.807, 2.05) is 0 Å². The van der Waals surface area contributed by atoms with Crippen LogP contribution in [0.5, 0.6) is 0 Å². The van der Waals surface area contributed by atoms with E-state index in [2.05, 4.69) is 15.2 Å². The van der Waals surface area contributed by atoms with Gasteiger partial charge in [-0.15, -0.1) is 5.11 Å². The van der Waals surface area contributed by atoms with Crippen LogP contribution in [-0.2, 0) is 13.2 Å². The maximum Gasteiger partial charge on any atom is 0.174 e. The minimum Gasteiger partial charge on any atom is -0.392 e. The first-order valence-corrected chi connectivity index (χ1v) is 6.42. The highest BCUT2D eigenvalue weighted by molar-refractivity contribution is 6.36. The van der Waals surface area contributed by atoms with Crippen LogP contribution in [0.3, 0.4) is 0 Å². The van der Waals surface area contributed by atoms with Crippen LogP contribution in [0.25, 0.3) is 0 Å². The number of halogens is 3. The minimum absolute atomic E-state index is 0.138. The number of aromatic nitrogens is 1. The molecule has 0 saturated carbocycles. The smallest absolute Gasteiger partial charge is 0.174 e. The third-order valence-electron chi connectivity index (χ3n) is 2.50. The van der Waals surface area contributed by atoms with Crippen LogP contribution in [0, 0.1) is 5.82 Å². The van der Waals surface area contributed by atoms with E-state index in [0.717, 1.165) is 6.20 Å². The highest BCUT2D eigenvalue weighted by Gasteiger charge is 2.07. The van der Waals surface area contributed by atoms with Crippen LogP contribution in [0.4, 0.5) is 10.2 Å². The first-order valence-electron chi connectivity index (χ1n) is 5.67. The van der Waals surface area contributed by atoms with Crippen LogP contribution in [-0.4, -0.2) is 10.1 Å². The molecule has 0 atom stereocenters. The molecule has 0 radical (unpaired) electrons. The van der Waals surface area contributed by atoms with Crippen LogP contribution in [0.15, 0.2) is 40.7 Å². The van der Waals surface area contributed by atoms with Gasteiger partial charge in [0.15, 0.2) is 5.82 Å². The Bertz CT molecular complexity index is 609. The lowest BCUT2D eigenvalue weighted by molar-refractivity contribution is 0.282. The molecule has 1 heterocycles. The molecule has 20 heavy (non-hydrogen) atoms. The number of pyridine rings is 1. The van der Waals surface area contributed by atoms with E-state index >= 15 is 0 Å². The molecular formula is C13H10Cl2FN3O. The molecule has 0 spiro atoms. The summed E-state index contributed by atoms with van der Waals surface area (Å²) in [6.07, 6.45) is 1.06. The predicted octanol–water partition coefficient (Wildman–Crippen LogP) is 4.30. The molecule has 7 heteroatoms. The first-order chi connectivity index (χ1) is 9.60. The van der Waals surface area contributed by atoms with Crippen LogP contribution >= 0.6 is 23.2 Å². The van der Waals surface area contributed by atoms with Gasteiger partial charge in [-0.3, -0.25) is 0 Å². The lowest BCUT2D eigenvalue weighted by atomic mass is 10.1. The third-order valence-corrected chi connectivity index (χ3v) is 3.17. The van der Waals surface area contributed by atoms with E-state index in [4.69, 9.17) is 28.3 Å². The monoisotopic (exact) mass is 313 g/mol. The van der Waals surface area contributed by atoms with Crippen molar-refractivity contribution in [3.8, 4) is 0 Å². The SMILES string of the molecule is OCc1cc(Cl)c(CN=Nc2ccc(F)cn2)c(Cl)c1. The van der Waals surface area contributed by atoms with E-state index in [1.54, 1.807) is 12.1 Å². The molecule has 0 aliphatic rings. The molecule has 0 aliphatic heterocycles. The van der Waals surface area contributed by atoms with Gasteiger partial charge < -0.3 is 5.11 Å². The lowest BCUT2D eigenvalue weighted by Gasteiger charge is -2.06. The number of azo groups is 1. The van der Waals surface area contributed by atoms with E-state index in [9.17, 15) is 4.39 Å². The van der Waals surface area contributed by atoms with Gasteiger partial charge in [0.05, 0.1) is 19.3 Å². The van der Waals surface area contributed by atoms with E-state index in [0.29, 0.717) is 27.0 Å². The van der Waals surface area contributed by atoms with Crippen LogP contribution < -0.4 is 0 Å². The number of hydrogen-bond acceptors (Lipinski definition) is 4. The maximum absolute atomic E-state index is 12.7. The molecule has 0 saturated heterocycles. The van der Waals surface area contributed by atoms with Crippen LogP contribution in [0.2, 0.25) is 10.0 Å². The van der Waals surface area contributed by atoms with E-state index in [1.165, 1.54) is 12.1 Å². The quantitative estimate of drug-likeness (QED) is 0.855. The number of hydrogen-bond donors (Lipinski definition) is 1. The molecule has 0 aliphatic carbocycles. The van der Waals surface area contributed by atoms with E-state index < -0.39 is 5.82 Å². The normalized spacial score (nSPS) is 11.2. The summed E-state index contributed by atoms with van der Waals surface area (Å²) in [7, 11) is 0. The third kappa shape index (κ3) is 3.72. The molecule has 2 aromatic rings. The molecule has 1 aromatic heterocycles. The van der Waals surface area contributed by atoms with Crippen molar-refractivity contribution in [3.05, 3.63) is 57.5 Å². The predicted molar refractivity (Wildman–Crippen MR) is 74.8 cm³/mol. The van der Waals surface area contributed by atoms with Gasteiger partial charge in [-0.25, -0.2) is 9.37 Å². The Labute approximate surface area is 124 Å². The molecular weight excluding hydrogens is 304 g/mol. The molecule has 0 amide bonds. The van der Waals surface area contributed by atoms with Gasteiger partial charge in [-0.2, -0.15) is 5.11 Å². The number of rotatable bonds is 4. The zero-order valence-electron chi connectivity index (χ0n) is 10.2. The molecule has 1 aromatic carbocycles. The Kier molecular flexibility index (Phi) is 5.00. The fourth-order valence-corrected chi connectivity index (χ4v) is 2.16. The lowest BCUT2D eigenvalue weighted by Crippen LogP contribution is -1.90. The van der Waals surface area contributed by atoms with Crippen molar-refractivity contribution in [1.29, 1.82) is 0 Å². The molecule has 2 rings (SSSR count). The zero-order valence-corrected chi connectivity index (χ0v) is 11.7. The molecule has 0 bridgehead atoms. The summed E-state index contributed by atoms with van der Waals surface area (Å²) in [6, 6.07) is 5.90. The number of aliphatic hydroxyl groups is 1. The van der Waals surface area contributed by atoms with Gasteiger partial charge >= 0.3 is 0 Å². The van der Waals surface area contributed by atoms with Gasteiger partial charge in [0.1, 0.15) is 5.82 Å². The van der Waals surface area contributed by atoms with Crippen molar-refractivity contribution in [2.24, 2.45) is 10.2 Å². The van der Waals surface area contributed by atoms with Crippen molar-refractivity contribution in [2.45, 2.75) is 13.2 Å². The standard InChI is InChI=1S/C13H10Cl2FN3O/c14-11-3-8(7-20)4-12(15)10(11)6-18-19-13-2-1-9(16)5-17-13/h1-5,20H,6-7H2. The summed E-state index contributed by atoms with van der Waals surface area (Å²) < 4.78 is 12.7. The van der Waals surface area contributed by atoms with Crippen molar-refractivity contribution < 1.29 is 9.50 Å². The summed E-state index contributed by atoms with van der Waals surface area (Å²) >= 11 is 12.1. The largest absolute Gasteiger partial charge is 0.392 e. The zero-order chi connectivity index (χ0) is 14.5. The molecule has 0 fully saturated rings. The summed E-state index contributed by atoms with van der Waals surface area (Å²) in [6.45, 7) is 0.0309. The second-order valence-electron chi connectivity index (χ2n) is 3.93. The highest BCUT2D eigenvalue weighted by Crippen LogP contribution is 2.27. The Hall–Kier alpha value is -1.56. The highest BCUT2D eigenvalue weighted by atomic mass is 35.5. The summed E-state index contributed by atoms with van der Waals surface area (Å²) in [5.74, 6) is -0.139. The molecule has 4 nitrogen and oxygen atoms in total. The Morgan fingerprint density at radius 2 is 1.90 bits per heavy atom. The average molecular weight is 314 g/mol. The van der Waals surface area contributed by atoms with Gasteiger partial charge in [-0.05, 0) is 29.8 Å². The minimum atomic E-state index is -0.436. The van der Waals surface area contributed by atoms with E-state index in [-0.39, 0.29) is 13.2 Å². The molecule has 1 N–H and O–H groups in total. The van der Waals surface area contributed by atoms with Crippen molar-refractivity contribution in [3.63, 3.8) is 0 Å². The molecule has 104 valence electrons. The Morgan fingerprint density at radius 3 is 2.45 bits per heavy atom. The maximum atomic E-state index is 12.7. The van der Waals surface area contributed by atoms with Crippen molar-refractivity contribution >= 4 is 29.0 Å². The summed E-state index contributed by atoms with van der Waals surface area (Å²) in [4.78, 5) is 3.75. The van der Waals surface area contributed by atoms with Gasteiger partial charge in [0.2, 0.25) is 0 Å². The van der Waals surface area contributed by atoms with Crippen molar-refractivity contribution in [2.75, 3.05) is 0 Å².